The molecule has 0 saturated carbocycles. The highest BCUT2D eigenvalue weighted by molar-refractivity contribution is 7.46. The zero-order valence-corrected chi connectivity index (χ0v) is 21.9. The van der Waals surface area contributed by atoms with Gasteiger partial charge in [-0.25, -0.2) is 28.6 Å². The maximum absolute atomic E-state index is 14.1. The third-order valence-electron chi connectivity index (χ3n) is 5.63. The summed E-state index contributed by atoms with van der Waals surface area (Å²) in [6, 6.07) is 12.0. The number of nitrogens with one attached hydrogen (secondary N) is 2. The molecule has 3 rings (SSSR count). The molecule has 0 fully saturated rings. The van der Waals surface area contributed by atoms with Crippen molar-refractivity contribution < 1.29 is 42.0 Å². The van der Waals surface area contributed by atoms with Gasteiger partial charge in [-0.15, -0.1) is 0 Å². The van der Waals surface area contributed by atoms with Gasteiger partial charge in [-0.2, -0.15) is 0 Å². The average molecular weight is 566 g/mol. The van der Waals surface area contributed by atoms with E-state index in [0.29, 0.717) is 6.42 Å². The van der Waals surface area contributed by atoms with Crippen molar-refractivity contribution >= 4 is 36.4 Å². The lowest BCUT2D eigenvalue weighted by Gasteiger charge is -2.31. The third kappa shape index (κ3) is 9.65. The molecule has 4 N–H and O–H groups in total. The molecule has 0 bridgehead atoms. The van der Waals surface area contributed by atoms with Gasteiger partial charge in [0.15, 0.2) is 11.6 Å². The SMILES string of the molecule is CC(=O)N(NCc1cccc(F)c1F)C(CCCCOP(=O)(O)O)COC(=O)Nc1cc2ccccc2cn1. The molecule has 210 valence electrons. The van der Waals surface area contributed by atoms with Crippen LogP contribution in [0.4, 0.5) is 19.4 Å². The number of phosphoric ester groups is 1. The molecule has 3 aromatic rings. The average Bonchev–Trinajstić information content (AvgIpc) is 2.88. The Morgan fingerprint density at radius 2 is 1.85 bits per heavy atom. The van der Waals surface area contributed by atoms with E-state index in [4.69, 9.17) is 14.5 Å². The number of amides is 2. The molecule has 0 saturated heterocycles. The molecule has 0 aliphatic carbocycles. The van der Waals surface area contributed by atoms with Gasteiger partial charge < -0.3 is 14.5 Å². The number of fused-ring (bicyclic) bond motifs is 1. The molecular formula is C25H29F2N4O7P. The van der Waals surface area contributed by atoms with Crippen LogP contribution in [0.1, 0.15) is 31.7 Å². The van der Waals surface area contributed by atoms with Gasteiger partial charge in [-0.05, 0) is 36.8 Å². The summed E-state index contributed by atoms with van der Waals surface area (Å²) in [6.45, 7) is 0.511. The van der Waals surface area contributed by atoms with E-state index in [1.54, 1.807) is 12.3 Å². The number of halogens is 2. The Bertz CT molecular complexity index is 1340. The minimum Gasteiger partial charge on any atom is -0.447 e. The molecule has 14 heteroatoms. The van der Waals surface area contributed by atoms with Gasteiger partial charge >= 0.3 is 13.9 Å². The van der Waals surface area contributed by atoms with Gasteiger partial charge in [0.1, 0.15) is 12.4 Å². The maximum atomic E-state index is 14.1. The standard InChI is InChI=1S/C25H29F2N4O7P/c1-17(32)31(29-15-20-9-6-11-22(26)24(20)27)21(10-4-5-12-38-39(34,35)36)16-37-25(33)30-23-13-18-7-2-3-8-19(18)14-28-23/h2-3,6-9,11,13-14,21,29H,4-5,10,12,15-16H2,1H3,(H,28,30,33)(H2,34,35,36). The number of ether oxygens (including phenoxy) is 1. The fourth-order valence-corrected chi connectivity index (χ4v) is 4.14. The lowest BCUT2D eigenvalue weighted by Crippen LogP contribution is -2.50. The van der Waals surface area contributed by atoms with Crippen molar-refractivity contribution in [2.45, 2.75) is 38.8 Å². The van der Waals surface area contributed by atoms with Crippen LogP contribution in [0.15, 0.2) is 54.7 Å². The summed E-state index contributed by atoms with van der Waals surface area (Å²) in [4.78, 5) is 46.8. The molecule has 0 spiro atoms. The maximum Gasteiger partial charge on any atom is 0.469 e. The minimum absolute atomic E-state index is 0.0175. The van der Waals surface area contributed by atoms with E-state index in [0.717, 1.165) is 21.8 Å². The first kappa shape index (κ1) is 30.1. The van der Waals surface area contributed by atoms with Crippen LogP contribution in [-0.2, 0) is 25.2 Å². The van der Waals surface area contributed by atoms with Crippen LogP contribution in [0.5, 0.6) is 0 Å². The predicted molar refractivity (Wildman–Crippen MR) is 138 cm³/mol. The van der Waals surface area contributed by atoms with Gasteiger partial charge in [-0.1, -0.05) is 36.4 Å². The number of hydrogen-bond donors (Lipinski definition) is 4. The zero-order chi connectivity index (χ0) is 28.4. The van der Waals surface area contributed by atoms with E-state index >= 15 is 0 Å². The first-order valence-electron chi connectivity index (χ1n) is 12.0. The normalized spacial score (nSPS) is 12.2. The molecule has 1 aromatic heterocycles. The highest BCUT2D eigenvalue weighted by atomic mass is 31.2. The van der Waals surface area contributed by atoms with Crippen LogP contribution < -0.4 is 10.7 Å². The molecule has 2 amide bonds. The molecule has 1 unspecified atom stereocenters. The number of carbonyl (C=O) groups is 2. The fraction of sp³-hybridized carbons (Fsp3) is 0.320. The van der Waals surface area contributed by atoms with Crippen molar-refractivity contribution in [3.8, 4) is 0 Å². The molecule has 11 nitrogen and oxygen atoms in total. The first-order valence-corrected chi connectivity index (χ1v) is 13.5. The number of rotatable bonds is 13. The molecule has 0 aliphatic heterocycles. The summed E-state index contributed by atoms with van der Waals surface area (Å²) in [5.74, 6) is -2.32. The van der Waals surface area contributed by atoms with Gasteiger partial charge in [0.2, 0.25) is 5.91 Å². The predicted octanol–water partition coefficient (Wildman–Crippen LogP) is 4.26. The molecule has 0 radical (unpaired) electrons. The van der Waals surface area contributed by atoms with Crippen LogP contribution in [0.3, 0.4) is 0 Å². The van der Waals surface area contributed by atoms with Gasteiger partial charge in [-0.3, -0.25) is 19.6 Å². The Morgan fingerprint density at radius 3 is 2.56 bits per heavy atom. The number of aromatic nitrogens is 1. The summed E-state index contributed by atoms with van der Waals surface area (Å²) < 4.78 is 48.4. The molecule has 1 atom stereocenters. The highest BCUT2D eigenvalue weighted by Crippen LogP contribution is 2.35. The monoisotopic (exact) mass is 566 g/mol. The second kappa shape index (κ2) is 14.1. The Hall–Kier alpha value is -3.48. The van der Waals surface area contributed by atoms with Gasteiger partial charge in [0, 0.05) is 30.6 Å². The number of hydrogen-bond acceptors (Lipinski definition) is 7. The topological polar surface area (TPSA) is 150 Å². The first-order chi connectivity index (χ1) is 18.5. The second-order valence-corrected chi connectivity index (χ2v) is 9.79. The van der Waals surface area contributed by atoms with E-state index in [9.17, 15) is 22.9 Å². The van der Waals surface area contributed by atoms with E-state index < -0.39 is 37.5 Å². The van der Waals surface area contributed by atoms with Crippen LogP contribution in [0.25, 0.3) is 10.8 Å². The van der Waals surface area contributed by atoms with Crippen molar-refractivity contribution in [1.82, 2.24) is 15.4 Å². The summed E-state index contributed by atoms with van der Waals surface area (Å²) >= 11 is 0. The Labute approximate surface area is 223 Å². The Balaban J connectivity index is 1.65. The smallest absolute Gasteiger partial charge is 0.447 e. The summed E-state index contributed by atoms with van der Waals surface area (Å²) in [6.07, 6.45) is 1.57. The number of pyridine rings is 1. The highest BCUT2D eigenvalue weighted by Gasteiger charge is 2.24. The number of anilines is 1. The van der Waals surface area contributed by atoms with E-state index in [1.165, 1.54) is 19.1 Å². The number of benzene rings is 2. The van der Waals surface area contributed by atoms with Crippen LogP contribution in [0.2, 0.25) is 0 Å². The lowest BCUT2D eigenvalue weighted by molar-refractivity contribution is -0.136. The van der Waals surface area contributed by atoms with Gasteiger partial charge in [0.05, 0.1) is 12.6 Å². The molecular weight excluding hydrogens is 537 g/mol. The van der Waals surface area contributed by atoms with Crippen molar-refractivity contribution in [3.05, 3.63) is 71.9 Å². The minimum atomic E-state index is -4.62. The summed E-state index contributed by atoms with van der Waals surface area (Å²) in [5.41, 5.74) is 2.74. The van der Waals surface area contributed by atoms with E-state index in [1.807, 2.05) is 24.3 Å². The number of hydrazine groups is 1. The summed E-state index contributed by atoms with van der Waals surface area (Å²) in [7, 11) is -4.62. The quantitative estimate of drug-likeness (QED) is 0.135. The lowest BCUT2D eigenvalue weighted by atomic mass is 10.1. The number of unbranched alkanes of at least 4 members (excludes halogenated alkanes) is 1. The van der Waals surface area contributed by atoms with E-state index in [2.05, 4.69) is 20.3 Å². The van der Waals surface area contributed by atoms with Crippen molar-refractivity contribution in [1.29, 1.82) is 0 Å². The van der Waals surface area contributed by atoms with E-state index in [-0.39, 0.29) is 44.0 Å². The van der Waals surface area contributed by atoms with Crippen molar-refractivity contribution in [3.63, 3.8) is 0 Å². The largest absolute Gasteiger partial charge is 0.469 e. The number of nitrogens with zero attached hydrogens (tertiary/aromatic N) is 2. The molecule has 0 aliphatic rings. The van der Waals surface area contributed by atoms with Gasteiger partial charge in [0.25, 0.3) is 0 Å². The van der Waals surface area contributed by atoms with Crippen molar-refractivity contribution in [2.75, 3.05) is 18.5 Å². The fourth-order valence-electron chi connectivity index (χ4n) is 3.77. The molecule has 2 aromatic carbocycles. The second-order valence-electron chi connectivity index (χ2n) is 8.55. The number of carbonyl (C=O) groups excluding carboxylic acids is 2. The Morgan fingerprint density at radius 1 is 1.10 bits per heavy atom. The van der Waals surface area contributed by atoms with Crippen LogP contribution >= 0.6 is 7.82 Å². The molecule has 39 heavy (non-hydrogen) atoms. The third-order valence-corrected chi connectivity index (χ3v) is 6.15. The van der Waals surface area contributed by atoms with Crippen LogP contribution in [-0.4, -0.2) is 51.0 Å². The number of phosphoric acid groups is 1. The van der Waals surface area contributed by atoms with Crippen molar-refractivity contribution in [2.24, 2.45) is 0 Å². The summed E-state index contributed by atoms with van der Waals surface area (Å²) in [5, 5.41) is 5.42. The molecule has 1 heterocycles. The zero-order valence-electron chi connectivity index (χ0n) is 21.0. The Kier molecular flexibility index (Phi) is 10.8. The van der Waals surface area contributed by atoms with Crippen LogP contribution in [0, 0.1) is 11.6 Å².